The van der Waals surface area contributed by atoms with Crippen molar-refractivity contribution in [1.82, 2.24) is 4.98 Å². The van der Waals surface area contributed by atoms with Crippen molar-refractivity contribution in [3.63, 3.8) is 0 Å². The Hall–Kier alpha value is -1.94. The number of carbonyl (C=O) groups excluding carboxylic acids is 1. The molecule has 1 aromatic heterocycles. The molecule has 21 heavy (non-hydrogen) atoms. The van der Waals surface area contributed by atoms with Gasteiger partial charge in [-0.2, -0.15) is 0 Å². The second-order valence-electron chi connectivity index (χ2n) is 5.78. The number of carbonyl (C=O) groups is 1. The maximum absolute atomic E-state index is 12.4. The van der Waals surface area contributed by atoms with Crippen molar-refractivity contribution in [2.75, 3.05) is 5.32 Å². The van der Waals surface area contributed by atoms with Gasteiger partial charge in [0.05, 0.1) is 5.69 Å². The van der Waals surface area contributed by atoms with Crippen molar-refractivity contribution in [2.45, 2.75) is 12.8 Å². The number of aromatic nitrogens is 1. The molecule has 2 bridgehead atoms. The molecule has 1 heterocycles. The predicted molar refractivity (Wildman–Crippen MR) is 85.0 cm³/mol. The molecule has 106 valence electrons. The molecule has 1 N–H and O–H groups in total. The molecule has 0 unspecified atom stereocenters. The third-order valence-corrected chi connectivity index (χ3v) is 5.18. The van der Waals surface area contributed by atoms with E-state index in [1.807, 2.05) is 35.7 Å². The van der Waals surface area contributed by atoms with E-state index >= 15 is 0 Å². The normalized spacial score (nSPS) is 26.2. The maximum atomic E-state index is 12.4. The van der Waals surface area contributed by atoms with E-state index < -0.39 is 0 Å². The number of nitrogens with one attached hydrogen (secondary N) is 1. The number of rotatable bonds is 3. The zero-order valence-electron chi connectivity index (χ0n) is 11.5. The Bertz CT molecular complexity index is 692. The zero-order valence-corrected chi connectivity index (χ0v) is 12.3. The van der Waals surface area contributed by atoms with Gasteiger partial charge in [0.2, 0.25) is 5.91 Å². The fourth-order valence-corrected chi connectivity index (χ4v) is 4.08. The number of benzene rings is 1. The second-order valence-corrected chi connectivity index (χ2v) is 6.64. The van der Waals surface area contributed by atoms with Crippen LogP contribution in [-0.4, -0.2) is 10.9 Å². The fraction of sp³-hybridized carbons (Fsp3) is 0.294. The lowest BCUT2D eigenvalue weighted by Crippen LogP contribution is -2.25. The van der Waals surface area contributed by atoms with Gasteiger partial charge < -0.3 is 5.32 Å². The van der Waals surface area contributed by atoms with Crippen LogP contribution >= 0.6 is 11.3 Å². The number of nitrogens with zero attached hydrogens (tertiary/aromatic N) is 1. The average molecular weight is 296 g/mol. The Balaban J connectivity index is 1.47. The van der Waals surface area contributed by atoms with Crippen LogP contribution in [0.1, 0.15) is 12.8 Å². The average Bonchev–Trinajstić information content (AvgIpc) is 3.24. The first-order chi connectivity index (χ1) is 10.3. The van der Waals surface area contributed by atoms with E-state index in [9.17, 15) is 4.79 Å². The monoisotopic (exact) mass is 296 g/mol. The minimum absolute atomic E-state index is 0.126. The summed E-state index contributed by atoms with van der Waals surface area (Å²) in [4.78, 5) is 16.9. The molecule has 3 atom stereocenters. The number of allylic oxidation sites excluding steroid dienone is 2. The molecule has 2 aliphatic rings. The number of hydrogen-bond acceptors (Lipinski definition) is 3. The Kier molecular flexibility index (Phi) is 3.11. The number of amides is 1. The van der Waals surface area contributed by atoms with Gasteiger partial charge in [-0.15, -0.1) is 11.3 Å². The van der Waals surface area contributed by atoms with Gasteiger partial charge in [0, 0.05) is 16.9 Å². The first-order valence-electron chi connectivity index (χ1n) is 7.30. The lowest BCUT2D eigenvalue weighted by atomic mass is 9.93. The third-order valence-electron chi connectivity index (χ3n) is 4.42. The van der Waals surface area contributed by atoms with Gasteiger partial charge in [-0.1, -0.05) is 42.5 Å². The van der Waals surface area contributed by atoms with Gasteiger partial charge in [-0.05, 0) is 24.7 Å². The lowest BCUT2D eigenvalue weighted by Gasteiger charge is -2.16. The summed E-state index contributed by atoms with van der Waals surface area (Å²) >= 11 is 1.49. The molecule has 0 aliphatic heterocycles. The van der Waals surface area contributed by atoms with Gasteiger partial charge in [0.1, 0.15) is 0 Å². The summed E-state index contributed by atoms with van der Waals surface area (Å²) in [5.74, 6) is 1.30. The van der Waals surface area contributed by atoms with Crippen LogP contribution in [0, 0.1) is 17.8 Å². The Morgan fingerprint density at radius 2 is 2.05 bits per heavy atom. The smallest absolute Gasteiger partial charge is 0.229 e. The topological polar surface area (TPSA) is 42.0 Å². The van der Waals surface area contributed by atoms with Crippen LogP contribution in [-0.2, 0) is 4.79 Å². The highest BCUT2D eigenvalue weighted by molar-refractivity contribution is 7.14. The van der Waals surface area contributed by atoms with Crippen LogP contribution < -0.4 is 5.32 Å². The highest BCUT2D eigenvalue weighted by Gasteiger charge is 2.39. The number of anilines is 1. The van der Waals surface area contributed by atoms with E-state index in [0.717, 1.165) is 24.1 Å². The molecule has 1 aromatic carbocycles. The lowest BCUT2D eigenvalue weighted by molar-refractivity contribution is -0.120. The molecule has 2 aliphatic carbocycles. The first kappa shape index (κ1) is 12.8. The number of hydrogen-bond donors (Lipinski definition) is 1. The quantitative estimate of drug-likeness (QED) is 0.871. The summed E-state index contributed by atoms with van der Waals surface area (Å²) in [6, 6.07) is 10.0. The van der Waals surface area contributed by atoms with E-state index in [1.54, 1.807) is 0 Å². The van der Waals surface area contributed by atoms with Crippen LogP contribution in [0.25, 0.3) is 11.3 Å². The van der Waals surface area contributed by atoms with Crippen LogP contribution in [0.5, 0.6) is 0 Å². The SMILES string of the molecule is O=C(Nc1nc(-c2ccccc2)cs1)[C@H]1C[C@H]2C=C[C@H]1C2. The molecule has 4 rings (SSSR count). The molecule has 1 fully saturated rings. The van der Waals surface area contributed by atoms with Gasteiger partial charge in [-0.25, -0.2) is 4.98 Å². The van der Waals surface area contributed by atoms with Crippen molar-refractivity contribution in [2.24, 2.45) is 17.8 Å². The van der Waals surface area contributed by atoms with Crippen molar-refractivity contribution < 1.29 is 4.79 Å². The van der Waals surface area contributed by atoms with E-state index in [-0.39, 0.29) is 11.8 Å². The molecule has 3 nitrogen and oxygen atoms in total. The molecule has 0 radical (unpaired) electrons. The van der Waals surface area contributed by atoms with Crippen molar-refractivity contribution in [3.8, 4) is 11.3 Å². The molecular weight excluding hydrogens is 280 g/mol. The predicted octanol–water partition coefficient (Wildman–Crippen LogP) is 3.96. The summed E-state index contributed by atoms with van der Waals surface area (Å²) in [6.07, 6.45) is 6.59. The largest absolute Gasteiger partial charge is 0.302 e. The molecule has 1 amide bonds. The van der Waals surface area contributed by atoms with E-state index in [0.29, 0.717) is 17.0 Å². The molecule has 0 saturated heterocycles. The summed E-state index contributed by atoms with van der Waals surface area (Å²) in [5.41, 5.74) is 2.00. The van der Waals surface area contributed by atoms with Crippen LogP contribution in [0.4, 0.5) is 5.13 Å². The van der Waals surface area contributed by atoms with Crippen LogP contribution in [0.2, 0.25) is 0 Å². The van der Waals surface area contributed by atoms with Crippen molar-refractivity contribution in [3.05, 3.63) is 47.9 Å². The first-order valence-corrected chi connectivity index (χ1v) is 8.18. The van der Waals surface area contributed by atoms with Gasteiger partial charge in [0.15, 0.2) is 5.13 Å². The minimum Gasteiger partial charge on any atom is -0.302 e. The Labute approximate surface area is 127 Å². The van der Waals surface area contributed by atoms with Gasteiger partial charge in [0.25, 0.3) is 0 Å². The molecule has 0 spiro atoms. The van der Waals surface area contributed by atoms with Crippen molar-refractivity contribution >= 4 is 22.4 Å². The fourth-order valence-electron chi connectivity index (χ4n) is 3.35. The number of fused-ring (bicyclic) bond motifs is 2. The molecule has 4 heteroatoms. The zero-order chi connectivity index (χ0) is 14.2. The second kappa shape index (κ2) is 5.11. The Morgan fingerprint density at radius 3 is 2.76 bits per heavy atom. The van der Waals surface area contributed by atoms with E-state index in [2.05, 4.69) is 22.5 Å². The summed E-state index contributed by atoms with van der Waals surface area (Å²) in [5, 5.41) is 5.68. The molecule has 1 saturated carbocycles. The minimum atomic E-state index is 0.126. The van der Waals surface area contributed by atoms with Crippen LogP contribution in [0.15, 0.2) is 47.9 Å². The highest BCUT2D eigenvalue weighted by Crippen LogP contribution is 2.43. The molecule has 2 aromatic rings. The molecular formula is C17H16N2OS. The standard InChI is InChI=1S/C17H16N2OS/c20-16(14-9-11-6-7-13(14)8-11)19-17-18-15(10-21-17)12-4-2-1-3-5-12/h1-7,10-11,13-14H,8-9H2,(H,18,19,20)/t11-,13-,14-/m0/s1. The van der Waals surface area contributed by atoms with Crippen molar-refractivity contribution in [1.29, 1.82) is 0 Å². The van der Waals surface area contributed by atoms with E-state index in [1.165, 1.54) is 11.3 Å². The highest BCUT2D eigenvalue weighted by atomic mass is 32.1. The third kappa shape index (κ3) is 2.40. The van der Waals surface area contributed by atoms with Gasteiger partial charge in [-0.3, -0.25) is 4.79 Å². The van der Waals surface area contributed by atoms with Crippen LogP contribution in [0.3, 0.4) is 0 Å². The summed E-state index contributed by atoms with van der Waals surface area (Å²) in [6.45, 7) is 0. The van der Waals surface area contributed by atoms with E-state index in [4.69, 9.17) is 0 Å². The summed E-state index contributed by atoms with van der Waals surface area (Å²) < 4.78 is 0. The van der Waals surface area contributed by atoms with Gasteiger partial charge >= 0.3 is 0 Å². The number of thiazole rings is 1. The Morgan fingerprint density at radius 1 is 1.19 bits per heavy atom. The summed E-state index contributed by atoms with van der Waals surface area (Å²) in [7, 11) is 0. The maximum Gasteiger partial charge on any atom is 0.229 e.